The summed E-state index contributed by atoms with van der Waals surface area (Å²) in [6.07, 6.45) is 4.53. The first-order valence-electron chi connectivity index (χ1n) is 3.43. The third-order valence-electron chi connectivity index (χ3n) is 1.29. The lowest BCUT2D eigenvalue weighted by molar-refractivity contribution is 0.237. The van der Waals surface area contributed by atoms with E-state index in [9.17, 15) is 0 Å². The summed E-state index contributed by atoms with van der Waals surface area (Å²) >= 11 is 0. The first kappa shape index (κ1) is 8.28. The summed E-state index contributed by atoms with van der Waals surface area (Å²) in [5, 5.41) is 8.54. The summed E-state index contributed by atoms with van der Waals surface area (Å²) in [6, 6.07) is 3.73. The molecule has 1 rings (SSSR count). The number of nitriles is 1. The fourth-order valence-electron chi connectivity index (χ4n) is 0.783. The van der Waals surface area contributed by atoms with Gasteiger partial charge in [0.1, 0.15) is 12.7 Å². The van der Waals surface area contributed by atoms with Crippen molar-refractivity contribution in [3.05, 3.63) is 42.4 Å². The Bertz CT molecular complexity index is 315. The number of pyridine rings is 1. The van der Waals surface area contributed by atoms with E-state index in [1.165, 1.54) is 12.5 Å². The molecule has 0 bridgehead atoms. The molecule has 0 fully saturated rings. The predicted molar refractivity (Wildman–Crippen MR) is 43.9 cm³/mol. The number of ether oxygens (including phenoxy) is 1. The molecular formula is C9H8N2O. The average molecular weight is 160 g/mol. The molecule has 0 saturated carbocycles. The van der Waals surface area contributed by atoms with E-state index in [2.05, 4.69) is 11.6 Å². The fourth-order valence-corrected chi connectivity index (χ4v) is 0.783. The van der Waals surface area contributed by atoms with Crippen LogP contribution >= 0.6 is 0 Å². The first-order valence-corrected chi connectivity index (χ1v) is 3.43. The molecule has 0 amide bonds. The van der Waals surface area contributed by atoms with Crippen molar-refractivity contribution >= 4 is 0 Å². The molecule has 0 N–H and O–H groups in total. The Morgan fingerprint density at radius 2 is 2.50 bits per heavy atom. The van der Waals surface area contributed by atoms with E-state index in [1.807, 2.05) is 6.07 Å². The summed E-state index contributed by atoms with van der Waals surface area (Å²) < 4.78 is 4.93. The number of nitrogens with zero attached hydrogens (tertiary/aromatic N) is 2. The lowest BCUT2D eigenvalue weighted by atomic mass is 10.2. The number of hydrogen-bond donors (Lipinski definition) is 0. The minimum atomic E-state index is 0.409. The molecule has 3 heteroatoms. The Hall–Kier alpha value is -1.82. The Morgan fingerprint density at radius 1 is 1.67 bits per heavy atom. The van der Waals surface area contributed by atoms with Crippen LogP contribution in [0.15, 0.2) is 31.3 Å². The molecule has 0 radical (unpaired) electrons. The van der Waals surface area contributed by atoms with Gasteiger partial charge in [0.2, 0.25) is 0 Å². The third kappa shape index (κ3) is 2.10. The van der Waals surface area contributed by atoms with Crippen LogP contribution in [-0.2, 0) is 11.3 Å². The van der Waals surface area contributed by atoms with E-state index in [-0.39, 0.29) is 0 Å². The van der Waals surface area contributed by atoms with E-state index in [4.69, 9.17) is 10.00 Å². The van der Waals surface area contributed by atoms with Gasteiger partial charge >= 0.3 is 0 Å². The van der Waals surface area contributed by atoms with E-state index < -0.39 is 0 Å². The second-order valence-electron chi connectivity index (χ2n) is 2.17. The summed E-state index contributed by atoms with van der Waals surface area (Å²) in [7, 11) is 0. The van der Waals surface area contributed by atoms with E-state index in [0.29, 0.717) is 12.2 Å². The van der Waals surface area contributed by atoms with Crippen LogP contribution in [0.2, 0.25) is 0 Å². The lowest BCUT2D eigenvalue weighted by Crippen LogP contribution is -1.89. The molecule has 0 saturated heterocycles. The van der Waals surface area contributed by atoms with Gasteiger partial charge < -0.3 is 4.74 Å². The first-order chi connectivity index (χ1) is 5.86. The summed E-state index contributed by atoms with van der Waals surface area (Å²) in [6.45, 7) is 3.82. The second kappa shape index (κ2) is 4.14. The topological polar surface area (TPSA) is 45.9 Å². The zero-order chi connectivity index (χ0) is 8.81. The Kier molecular flexibility index (Phi) is 2.86. The Morgan fingerprint density at radius 3 is 3.17 bits per heavy atom. The van der Waals surface area contributed by atoms with Crippen LogP contribution in [0.5, 0.6) is 0 Å². The zero-order valence-electron chi connectivity index (χ0n) is 6.53. The minimum Gasteiger partial charge on any atom is -0.497 e. The van der Waals surface area contributed by atoms with Crippen LogP contribution in [0.1, 0.15) is 11.1 Å². The predicted octanol–water partition coefficient (Wildman–Crippen LogP) is 1.61. The molecule has 0 aliphatic carbocycles. The van der Waals surface area contributed by atoms with E-state index >= 15 is 0 Å². The van der Waals surface area contributed by atoms with Crippen molar-refractivity contribution in [1.29, 1.82) is 5.26 Å². The monoisotopic (exact) mass is 160 g/mol. The van der Waals surface area contributed by atoms with Crippen molar-refractivity contribution < 1.29 is 4.74 Å². The summed E-state index contributed by atoms with van der Waals surface area (Å²) in [4.78, 5) is 3.87. The van der Waals surface area contributed by atoms with Crippen molar-refractivity contribution in [2.75, 3.05) is 0 Å². The van der Waals surface area contributed by atoms with Crippen LogP contribution < -0.4 is 0 Å². The molecule has 0 aliphatic heterocycles. The SMILES string of the molecule is C=COCc1cncc(C#N)c1. The Labute approximate surface area is 70.9 Å². The van der Waals surface area contributed by atoms with Crippen molar-refractivity contribution in [3.63, 3.8) is 0 Å². The summed E-state index contributed by atoms with van der Waals surface area (Å²) in [5.74, 6) is 0. The molecule has 1 aromatic heterocycles. The fraction of sp³-hybridized carbons (Fsp3) is 0.111. The highest BCUT2D eigenvalue weighted by Crippen LogP contribution is 2.02. The smallest absolute Gasteiger partial charge is 0.114 e. The van der Waals surface area contributed by atoms with E-state index in [1.54, 1.807) is 12.3 Å². The maximum atomic E-state index is 8.54. The largest absolute Gasteiger partial charge is 0.497 e. The van der Waals surface area contributed by atoms with Crippen LogP contribution in [-0.4, -0.2) is 4.98 Å². The molecule has 60 valence electrons. The van der Waals surface area contributed by atoms with Crippen LogP contribution in [0.4, 0.5) is 0 Å². The minimum absolute atomic E-state index is 0.409. The second-order valence-corrected chi connectivity index (χ2v) is 2.17. The van der Waals surface area contributed by atoms with Gasteiger partial charge in [-0.15, -0.1) is 0 Å². The van der Waals surface area contributed by atoms with Gasteiger partial charge in [-0.05, 0) is 6.07 Å². The molecule has 12 heavy (non-hydrogen) atoms. The van der Waals surface area contributed by atoms with Gasteiger partial charge in [-0.1, -0.05) is 6.58 Å². The number of rotatable bonds is 3. The van der Waals surface area contributed by atoms with E-state index in [0.717, 1.165) is 5.56 Å². The zero-order valence-corrected chi connectivity index (χ0v) is 6.53. The third-order valence-corrected chi connectivity index (χ3v) is 1.29. The van der Waals surface area contributed by atoms with Crippen molar-refractivity contribution in [3.8, 4) is 6.07 Å². The van der Waals surface area contributed by atoms with Gasteiger partial charge in [0.05, 0.1) is 11.8 Å². The molecule has 0 spiro atoms. The van der Waals surface area contributed by atoms with Crippen molar-refractivity contribution in [1.82, 2.24) is 4.98 Å². The molecule has 1 aromatic rings. The molecule has 1 heterocycles. The van der Waals surface area contributed by atoms with Gasteiger partial charge in [0.15, 0.2) is 0 Å². The average Bonchev–Trinajstić information content (AvgIpc) is 2.15. The van der Waals surface area contributed by atoms with Gasteiger partial charge in [0, 0.05) is 18.0 Å². The Balaban J connectivity index is 2.74. The highest BCUT2D eigenvalue weighted by atomic mass is 16.5. The van der Waals surface area contributed by atoms with Gasteiger partial charge in [-0.3, -0.25) is 4.98 Å². The number of aromatic nitrogens is 1. The lowest BCUT2D eigenvalue weighted by Gasteiger charge is -1.99. The molecule has 0 aliphatic rings. The van der Waals surface area contributed by atoms with Gasteiger partial charge in [-0.25, -0.2) is 0 Å². The standard InChI is InChI=1S/C9H8N2O/c1-2-12-7-9-3-8(4-10)5-11-6-9/h2-3,5-6H,1,7H2. The normalized spacial score (nSPS) is 8.58. The highest BCUT2D eigenvalue weighted by molar-refractivity contribution is 5.28. The maximum Gasteiger partial charge on any atom is 0.114 e. The van der Waals surface area contributed by atoms with Crippen LogP contribution in [0.25, 0.3) is 0 Å². The van der Waals surface area contributed by atoms with Crippen LogP contribution in [0.3, 0.4) is 0 Å². The number of hydrogen-bond acceptors (Lipinski definition) is 3. The summed E-state index contributed by atoms with van der Waals surface area (Å²) in [5.41, 5.74) is 1.41. The van der Waals surface area contributed by atoms with Crippen LogP contribution in [0, 0.1) is 11.3 Å². The highest BCUT2D eigenvalue weighted by Gasteiger charge is 1.94. The van der Waals surface area contributed by atoms with Gasteiger partial charge in [-0.2, -0.15) is 5.26 Å². The van der Waals surface area contributed by atoms with Gasteiger partial charge in [0.25, 0.3) is 0 Å². The quantitative estimate of drug-likeness (QED) is 0.631. The van der Waals surface area contributed by atoms with Crippen molar-refractivity contribution in [2.24, 2.45) is 0 Å². The molecule has 3 nitrogen and oxygen atoms in total. The molecular weight excluding hydrogens is 152 g/mol. The maximum absolute atomic E-state index is 8.54. The molecule has 0 aromatic carbocycles. The molecule has 0 unspecified atom stereocenters. The molecule has 0 atom stereocenters. The van der Waals surface area contributed by atoms with Crippen molar-refractivity contribution in [2.45, 2.75) is 6.61 Å².